The van der Waals surface area contributed by atoms with Crippen molar-refractivity contribution in [1.82, 2.24) is 20.0 Å². The van der Waals surface area contributed by atoms with Crippen molar-refractivity contribution in [2.24, 2.45) is 0 Å². The number of aromatic nitrogens is 4. The molecule has 9 heteroatoms. The van der Waals surface area contributed by atoms with Crippen LogP contribution in [-0.2, 0) is 6.54 Å². The number of anilines is 1. The van der Waals surface area contributed by atoms with Crippen LogP contribution in [0.2, 0.25) is 0 Å². The first-order valence-corrected chi connectivity index (χ1v) is 6.35. The van der Waals surface area contributed by atoms with Gasteiger partial charge in [0.2, 0.25) is 0 Å². The molecule has 0 aliphatic carbocycles. The number of hydrogen-bond donors (Lipinski definition) is 1. The van der Waals surface area contributed by atoms with E-state index in [1.165, 1.54) is 12.1 Å². The van der Waals surface area contributed by atoms with Crippen molar-refractivity contribution in [2.45, 2.75) is 13.0 Å². The first kappa shape index (κ1) is 13.0. The third-order valence-electron chi connectivity index (χ3n) is 2.89. The van der Waals surface area contributed by atoms with Crippen LogP contribution < -0.4 is 5.32 Å². The van der Waals surface area contributed by atoms with Gasteiger partial charge in [0, 0.05) is 25.4 Å². The highest BCUT2D eigenvalue weighted by atomic mass is 16.6. The highest BCUT2D eigenvalue weighted by molar-refractivity contribution is 5.77. The molecular formula is C12H12N6O3. The van der Waals surface area contributed by atoms with E-state index in [1.54, 1.807) is 23.1 Å². The standard InChI is InChI=1S/C12H12N6O3/c19-18(20)9-2-3-10-11(8-9)21-12(15-10)13-4-1-6-17-7-5-14-16-17/h2-3,5,7-8H,1,4,6H2,(H,13,15). The number of aryl methyl sites for hydroxylation is 1. The maximum atomic E-state index is 10.7. The number of benzene rings is 1. The zero-order valence-corrected chi connectivity index (χ0v) is 11.0. The van der Waals surface area contributed by atoms with Crippen molar-refractivity contribution >= 4 is 22.8 Å². The second-order valence-corrected chi connectivity index (χ2v) is 4.37. The van der Waals surface area contributed by atoms with Crippen LogP contribution >= 0.6 is 0 Å². The van der Waals surface area contributed by atoms with E-state index in [2.05, 4.69) is 20.6 Å². The normalized spacial score (nSPS) is 10.9. The summed E-state index contributed by atoms with van der Waals surface area (Å²) in [6.07, 6.45) is 4.24. The predicted octanol–water partition coefficient (Wildman–Crippen LogP) is 1.83. The predicted molar refractivity (Wildman–Crippen MR) is 73.8 cm³/mol. The van der Waals surface area contributed by atoms with Gasteiger partial charge in [-0.15, -0.1) is 5.10 Å². The van der Waals surface area contributed by atoms with Crippen molar-refractivity contribution in [3.8, 4) is 0 Å². The average molecular weight is 288 g/mol. The van der Waals surface area contributed by atoms with E-state index in [-0.39, 0.29) is 5.69 Å². The van der Waals surface area contributed by atoms with Crippen LogP contribution in [-0.4, -0.2) is 31.4 Å². The minimum atomic E-state index is -0.465. The summed E-state index contributed by atoms with van der Waals surface area (Å²) >= 11 is 0. The number of nitrogens with zero attached hydrogens (tertiary/aromatic N) is 5. The van der Waals surface area contributed by atoms with E-state index in [0.717, 1.165) is 13.0 Å². The first-order chi connectivity index (χ1) is 10.2. The highest BCUT2D eigenvalue weighted by Gasteiger charge is 2.11. The molecule has 1 N–H and O–H groups in total. The first-order valence-electron chi connectivity index (χ1n) is 6.35. The zero-order chi connectivity index (χ0) is 14.7. The zero-order valence-electron chi connectivity index (χ0n) is 11.0. The third kappa shape index (κ3) is 2.96. The van der Waals surface area contributed by atoms with Gasteiger partial charge in [0.25, 0.3) is 11.7 Å². The molecule has 0 radical (unpaired) electrons. The molecule has 0 fully saturated rings. The van der Waals surface area contributed by atoms with Crippen molar-refractivity contribution in [2.75, 3.05) is 11.9 Å². The largest absolute Gasteiger partial charge is 0.423 e. The molecule has 108 valence electrons. The van der Waals surface area contributed by atoms with Crippen LogP contribution in [0.4, 0.5) is 11.7 Å². The number of nitro groups is 1. The molecule has 0 saturated carbocycles. The Labute approximate surface area is 118 Å². The van der Waals surface area contributed by atoms with Gasteiger partial charge in [0.1, 0.15) is 5.52 Å². The Morgan fingerprint density at radius 2 is 2.33 bits per heavy atom. The molecule has 0 spiro atoms. The van der Waals surface area contributed by atoms with Crippen LogP contribution in [0.15, 0.2) is 35.0 Å². The van der Waals surface area contributed by atoms with Gasteiger partial charge < -0.3 is 9.73 Å². The van der Waals surface area contributed by atoms with E-state index >= 15 is 0 Å². The van der Waals surface area contributed by atoms with Crippen molar-refractivity contribution < 1.29 is 9.34 Å². The highest BCUT2D eigenvalue weighted by Crippen LogP contribution is 2.23. The molecule has 0 bridgehead atoms. The lowest BCUT2D eigenvalue weighted by Crippen LogP contribution is -2.07. The number of non-ortho nitro benzene ring substituents is 1. The van der Waals surface area contributed by atoms with Gasteiger partial charge in [-0.05, 0) is 12.5 Å². The van der Waals surface area contributed by atoms with E-state index in [9.17, 15) is 10.1 Å². The maximum Gasteiger partial charge on any atom is 0.295 e. The van der Waals surface area contributed by atoms with Crippen molar-refractivity contribution in [3.63, 3.8) is 0 Å². The lowest BCUT2D eigenvalue weighted by Gasteiger charge is -2.01. The second-order valence-electron chi connectivity index (χ2n) is 4.37. The monoisotopic (exact) mass is 288 g/mol. The van der Waals surface area contributed by atoms with Crippen LogP contribution in [0.5, 0.6) is 0 Å². The SMILES string of the molecule is O=[N+]([O-])c1ccc2nc(NCCCn3ccnn3)oc2c1. The minimum Gasteiger partial charge on any atom is -0.423 e. The summed E-state index contributed by atoms with van der Waals surface area (Å²) in [6.45, 7) is 1.38. The van der Waals surface area contributed by atoms with E-state index in [4.69, 9.17) is 4.42 Å². The summed E-state index contributed by atoms with van der Waals surface area (Å²) in [4.78, 5) is 14.4. The van der Waals surface area contributed by atoms with Gasteiger partial charge >= 0.3 is 0 Å². The molecule has 2 heterocycles. The number of oxazole rings is 1. The van der Waals surface area contributed by atoms with Gasteiger partial charge in [-0.3, -0.25) is 14.8 Å². The molecule has 3 aromatic rings. The Hall–Kier alpha value is -2.97. The molecule has 0 aliphatic heterocycles. The van der Waals surface area contributed by atoms with Crippen molar-refractivity contribution in [1.29, 1.82) is 0 Å². The number of nitrogens with one attached hydrogen (secondary N) is 1. The fourth-order valence-corrected chi connectivity index (χ4v) is 1.89. The summed E-state index contributed by atoms with van der Waals surface area (Å²) in [5, 5.41) is 21.3. The molecule has 0 saturated heterocycles. The van der Waals surface area contributed by atoms with Crippen LogP contribution in [0.3, 0.4) is 0 Å². The van der Waals surface area contributed by atoms with Gasteiger partial charge in [0.15, 0.2) is 5.58 Å². The topological polar surface area (TPSA) is 112 Å². The molecule has 21 heavy (non-hydrogen) atoms. The van der Waals surface area contributed by atoms with Crippen molar-refractivity contribution in [3.05, 3.63) is 40.7 Å². The summed E-state index contributed by atoms with van der Waals surface area (Å²) in [7, 11) is 0. The molecule has 0 aliphatic rings. The molecule has 1 aromatic carbocycles. The quantitative estimate of drug-likeness (QED) is 0.418. The summed E-state index contributed by atoms with van der Waals surface area (Å²) in [5.41, 5.74) is 0.957. The third-order valence-corrected chi connectivity index (χ3v) is 2.89. The Morgan fingerprint density at radius 1 is 1.43 bits per heavy atom. The maximum absolute atomic E-state index is 10.7. The van der Waals surface area contributed by atoms with E-state index < -0.39 is 4.92 Å². The van der Waals surface area contributed by atoms with Crippen LogP contribution in [0.25, 0.3) is 11.1 Å². The summed E-state index contributed by atoms with van der Waals surface area (Å²) in [6, 6.07) is 4.68. The van der Waals surface area contributed by atoms with Gasteiger partial charge in [-0.2, -0.15) is 4.98 Å². The molecule has 2 aromatic heterocycles. The molecule has 0 unspecified atom stereocenters. The lowest BCUT2D eigenvalue weighted by atomic mass is 10.3. The number of hydrogen-bond acceptors (Lipinski definition) is 7. The second kappa shape index (κ2) is 5.57. The number of fused-ring (bicyclic) bond motifs is 1. The lowest BCUT2D eigenvalue weighted by molar-refractivity contribution is -0.384. The van der Waals surface area contributed by atoms with Crippen LogP contribution in [0.1, 0.15) is 6.42 Å². The molecule has 3 rings (SSSR count). The average Bonchev–Trinajstić information content (AvgIpc) is 3.11. The molecule has 9 nitrogen and oxygen atoms in total. The molecule has 0 amide bonds. The molecular weight excluding hydrogens is 276 g/mol. The summed E-state index contributed by atoms with van der Waals surface area (Å²) < 4.78 is 7.17. The van der Waals surface area contributed by atoms with Gasteiger partial charge in [-0.1, -0.05) is 5.21 Å². The fraction of sp³-hybridized carbons (Fsp3) is 0.250. The summed E-state index contributed by atoms with van der Waals surface area (Å²) in [5.74, 6) is 0. The fourth-order valence-electron chi connectivity index (χ4n) is 1.89. The number of rotatable bonds is 6. The van der Waals surface area contributed by atoms with E-state index in [0.29, 0.717) is 23.7 Å². The number of nitro benzene ring substituents is 1. The Bertz CT molecular complexity index is 752. The molecule has 0 atom stereocenters. The van der Waals surface area contributed by atoms with E-state index in [1.807, 2.05) is 0 Å². The smallest absolute Gasteiger partial charge is 0.295 e. The van der Waals surface area contributed by atoms with Gasteiger partial charge in [-0.25, -0.2) is 0 Å². The van der Waals surface area contributed by atoms with Crippen LogP contribution in [0, 0.1) is 10.1 Å². The Kier molecular flexibility index (Phi) is 3.46. The minimum absolute atomic E-state index is 0.0172. The Balaban J connectivity index is 1.60. The Morgan fingerprint density at radius 3 is 3.10 bits per heavy atom. The van der Waals surface area contributed by atoms with Gasteiger partial charge in [0.05, 0.1) is 17.2 Å².